The molecule has 1 aliphatic rings. The molecule has 0 N–H and O–H groups in total. The van der Waals surface area contributed by atoms with Crippen LogP contribution in [0.5, 0.6) is 0 Å². The van der Waals surface area contributed by atoms with Gasteiger partial charge in [-0.05, 0) is 25.0 Å². The highest BCUT2D eigenvalue weighted by molar-refractivity contribution is 5.37. The van der Waals surface area contributed by atoms with Crippen molar-refractivity contribution in [3.05, 3.63) is 47.1 Å². The fraction of sp³-hybridized carbons (Fsp3) is 0.500. The molecule has 2 aromatic rings. The van der Waals surface area contributed by atoms with Crippen LogP contribution in [0.3, 0.4) is 0 Å². The standard InChI is InChI=1S/C18H22N4O2/c1-13-20-17(21-24-13)16-11-22(8-9-23-16)10-14-6-4-5-7-15(14)18(2,3)12-19/h4-7,16H,8-11H2,1-3H3. The largest absolute Gasteiger partial charge is 0.367 e. The maximum Gasteiger partial charge on any atom is 0.223 e. The Hall–Kier alpha value is -2.23. The zero-order valence-corrected chi connectivity index (χ0v) is 14.3. The first-order valence-electron chi connectivity index (χ1n) is 8.13. The van der Waals surface area contributed by atoms with Gasteiger partial charge in [0.25, 0.3) is 0 Å². The molecule has 1 aromatic heterocycles. The van der Waals surface area contributed by atoms with Crippen LogP contribution in [0.25, 0.3) is 0 Å². The fourth-order valence-electron chi connectivity index (χ4n) is 3.02. The second kappa shape index (κ2) is 6.71. The van der Waals surface area contributed by atoms with E-state index in [0.29, 0.717) is 24.9 Å². The molecular formula is C18H22N4O2. The number of morpholine rings is 1. The molecule has 24 heavy (non-hydrogen) atoms. The van der Waals surface area contributed by atoms with Gasteiger partial charge in [0.05, 0.1) is 18.1 Å². The number of nitrogens with zero attached hydrogens (tertiary/aromatic N) is 4. The summed E-state index contributed by atoms with van der Waals surface area (Å²) in [5, 5.41) is 13.4. The molecule has 1 saturated heterocycles. The summed E-state index contributed by atoms with van der Waals surface area (Å²) in [6, 6.07) is 10.5. The van der Waals surface area contributed by atoms with E-state index in [9.17, 15) is 5.26 Å². The Morgan fingerprint density at radius 2 is 2.17 bits per heavy atom. The van der Waals surface area contributed by atoms with Crippen molar-refractivity contribution in [2.24, 2.45) is 0 Å². The van der Waals surface area contributed by atoms with E-state index in [1.54, 1.807) is 6.92 Å². The van der Waals surface area contributed by atoms with E-state index < -0.39 is 5.41 Å². The lowest BCUT2D eigenvalue weighted by atomic mass is 9.83. The quantitative estimate of drug-likeness (QED) is 0.860. The normalized spacial score (nSPS) is 19.2. The summed E-state index contributed by atoms with van der Waals surface area (Å²) in [6.07, 6.45) is -0.174. The van der Waals surface area contributed by atoms with E-state index >= 15 is 0 Å². The first kappa shape index (κ1) is 16.6. The van der Waals surface area contributed by atoms with Crippen molar-refractivity contribution in [1.82, 2.24) is 15.0 Å². The molecular weight excluding hydrogens is 304 g/mol. The second-order valence-corrected chi connectivity index (χ2v) is 6.66. The van der Waals surface area contributed by atoms with Crippen LogP contribution in [0, 0.1) is 18.3 Å². The van der Waals surface area contributed by atoms with Gasteiger partial charge in [-0.2, -0.15) is 10.2 Å². The van der Waals surface area contributed by atoms with Gasteiger partial charge in [0, 0.05) is 26.6 Å². The third-order valence-electron chi connectivity index (χ3n) is 4.35. The third-order valence-corrected chi connectivity index (χ3v) is 4.35. The van der Waals surface area contributed by atoms with Crippen LogP contribution in [-0.4, -0.2) is 34.7 Å². The topological polar surface area (TPSA) is 75.2 Å². The van der Waals surface area contributed by atoms with Crippen LogP contribution < -0.4 is 0 Å². The zero-order chi connectivity index (χ0) is 17.2. The van der Waals surface area contributed by atoms with E-state index in [1.807, 2.05) is 32.0 Å². The predicted octanol–water partition coefficient (Wildman–Crippen LogP) is 2.75. The molecule has 0 saturated carbocycles. The number of aromatic nitrogens is 2. The smallest absolute Gasteiger partial charge is 0.223 e. The Morgan fingerprint density at radius 1 is 1.38 bits per heavy atom. The molecule has 126 valence electrons. The molecule has 1 aromatic carbocycles. The Bertz CT molecular complexity index is 747. The van der Waals surface area contributed by atoms with Crippen LogP contribution >= 0.6 is 0 Å². The average molecular weight is 326 g/mol. The molecule has 6 heteroatoms. The Morgan fingerprint density at radius 3 is 2.88 bits per heavy atom. The molecule has 3 rings (SSSR count). The van der Waals surface area contributed by atoms with Gasteiger partial charge in [0.15, 0.2) is 0 Å². The maximum atomic E-state index is 9.46. The Labute approximate surface area is 142 Å². The van der Waals surface area contributed by atoms with Gasteiger partial charge in [-0.25, -0.2) is 0 Å². The summed E-state index contributed by atoms with van der Waals surface area (Å²) in [4.78, 5) is 6.59. The van der Waals surface area contributed by atoms with Gasteiger partial charge in [-0.3, -0.25) is 4.90 Å². The molecule has 2 heterocycles. The van der Waals surface area contributed by atoms with Crippen LogP contribution in [-0.2, 0) is 16.7 Å². The number of hydrogen-bond donors (Lipinski definition) is 0. The lowest BCUT2D eigenvalue weighted by Gasteiger charge is -2.32. The number of aryl methyl sites for hydroxylation is 1. The highest BCUT2D eigenvalue weighted by Crippen LogP contribution is 2.28. The lowest BCUT2D eigenvalue weighted by Crippen LogP contribution is -2.38. The highest BCUT2D eigenvalue weighted by atomic mass is 16.5. The van der Waals surface area contributed by atoms with Crippen LogP contribution in [0.1, 0.15) is 42.8 Å². The van der Waals surface area contributed by atoms with Crippen molar-refractivity contribution in [1.29, 1.82) is 5.26 Å². The maximum absolute atomic E-state index is 9.46. The number of nitriles is 1. The molecule has 1 aliphatic heterocycles. The van der Waals surface area contributed by atoms with Crippen LogP contribution in [0.4, 0.5) is 0 Å². The molecule has 0 radical (unpaired) electrons. The third kappa shape index (κ3) is 3.48. The first-order valence-corrected chi connectivity index (χ1v) is 8.13. The van der Waals surface area contributed by atoms with Gasteiger partial charge in [0.1, 0.15) is 6.10 Å². The van der Waals surface area contributed by atoms with E-state index in [1.165, 1.54) is 5.56 Å². The van der Waals surface area contributed by atoms with Crippen molar-refractivity contribution in [3.8, 4) is 6.07 Å². The van der Waals surface area contributed by atoms with E-state index in [2.05, 4.69) is 27.2 Å². The highest BCUT2D eigenvalue weighted by Gasteiger charge is 2.28. The monoisotopic (exact) mass is 326 g/mol. The van der Waals surface area contributed by atoms with Crippen LogP contribution in [0.15, 0.2) is 28.8 Å². The van der Waals surface area contributed by atoms with E-state index in [4.69, 9.17) is 9.26 Å². The Kier molecular flexibility index (Phi) is 4.65. The van der Waals surface area contributed by atoms with Crippen molar-refractivity contribution in [3.63, 3.8) is 0 Å². The molecule has 1 atom stereocenters. The minimum Gasteiger partial charge on any atom is -0.367 e. The minimum absolute atomic E-state index is 0.174. The van der Waals surface area contributed by atoms with Crippen molar-refractivity contribution >= 4 is 0 Å². The number of hydrogen-bond acceptors (Lipinski definition) is 6. The summed E-state index contributed by atoms with van der Waals surface area (Å²) in [5.41, 5.74) is 1.74. The lowest BCUT2D eigenvalue weighted by molar-refractivity contribution is -0.0381. The molecule has 0 aliphatic carbocycles. The van der Waals surface area contributed by atoms with Gasteiger partial charge in [-0.1, -0.05) is 29.4 Å². The fourth-order valence-corrected chi connectivity index (χ4v) is 3.02. The summed E-state index contributed by atoms with van der Waals surface area (Å²) in [7, 11) is 0. The molecule has 6 nitrogen and oxygen atoms in total. The molecule has 1 fully saturated rings. The van der Waals surface area contributed by atoms with Crippen LogP contribution in [0.2, 0.25) is 0 Å². The Balaban J connectivity index is 1.76. The van der Waals surface area contributed by atoms with Gasteiger partial charge >= 0.3 is 0 Å². The first-order chi connectivity index (χ1) is 11.5. The predicted molar refractivity (Wildman–Crippen MR) is 88.1 cm³/mol. The van der Waals surface area contributed by atoms with E-state index in [0.717, 1.165) is 18.7 Å². The van der Waals surface area contributed by atoms with Gasteiger partial charge in [-0.15, -0.1) is 0 Å². The minimum atomic E-state index is -0.507. The van der Waals surface area contributed by atoms with Crippen molar-refractivity contribution < 1.29 is 9.26 Å². The summed E-state index contributed by atoms with van der Waals surface area (Å²) in [5.74, 6) is 1.15. The number of ether oxygens (including phenoxy) is 1. The van der Waals surface area contributed by atoms with Gasteiger partial charge in [0.2, 0.25) is 11.7 Å². The van der Waals surface area contributed by atoms with Gasteiger partial charge < -0.3 is 9.26 Å². The average Bonchev–Trinajstić information content (AvgIpc) is 3.02. The second-order valence-electron chi connectivity index (χ2n) is 6.66. The summed E-state index contributed by atoms with van der Waals surface area (Å²) in [6.45, 7) is 8.64. The molecule has 0 amide bonds. The zero-order valence-electron chi connectivity index (χ0n) is 14.3. The van der Waals surface area contributed by atoms with E-state index in [-0.39, 0.29) is 6.10 Å². The number of rotatable bonds is 4. The molecule has 0 spiro atoms. The summed E-state index contributed by atoms with van der Waals surface area (Å²) < 4.78 is 10.8. The molecule has 1 unspecified atom stereocenters. The van der Waals surface area contributed by atoms with Crippen molar-refractivity contribution in [2.45, 2.75) is 38.8 Å². The molecule has 0 bridgehead atoms. The number of benzene rings is 1. The summed E-state index contributed by atoms with van der Waals surface area (Å²) >= 11 is 0. The SMILES string of the molecule is Cc1nc(C2CN(Cc3ccccc3C(C)(C)C#N)CCO2)no1. The van der Waals surface area contributed by atoms with Crippen molar-refractivity contribution in [2.75, 3.05) is 19.7 Å².